The first-order chi connectivity index (χ1) is 11.8. The fraction of sp³-hybridized carbons (Fsp3) is 0.235. The lowest BCUT2D eigenvalue weighted by atomic mass is 10.1. The predicted octanol–water partition coefficient (Wildman–Crippen LogP) is 4.07. The van der Waals surface area contributed by atoms with Gasteiger partial charge in [-0.2, -0.15) is 8.78 Å². The summed E-state index contributed by atoms with van der Waals surface area (Å²) in [6.45, 7) is -1.66. The van der Waals surface area contributed by atoms with Gasteiger partial charge in [-0.15, -0.1) is 0 Å². The van der Waals surface area contributed by atoms with E-state index in [2.05, 4.69) is 10.1 Å². The Labute approximate surface area is 141 Å². The van der Waals surface area contributed by atoms with Gasteiger partial charge in [0, 0.05) is 17.7 Å². The first-order valence-electron chi connectivity index (χ1n) is 7.20. The van der Waals surface area contributed by atoms with Crippen LogP contribution in [0.5, 0.6) is 11.5 Å². The second-order valence-corrected chi connectivity index (χ2v) is 5.10. The van der Waals surface area contributed by atoms with Crippen molar-refractivity contribution in [2.24, 2.45) is 0 Å². The lowest BCUT2D eigenvalue weighted by Crippen LogP contribution is -2.28. The molecule has 1 amide bonds. The molecule has 0 unspecified atom stereocenters. The molecule has 8 heteroatoms. The Balaban J connectivity index is 2.24. The van der Waals surface area contributed by atoms with E-state index < -0.39 is 30.2 Å². The number of alkyl halides is 2. The summed E-state index contributed by atoms with van der Waals surface area (Å²) in [6, 6.07) is 5.91. The van der Waals surface area contributed by atoms with Crippen molar-refractivity contribution in [3.63, 3.8) is 0 Å². The van der Waals surface area contributed by atoms with Crippen molar-refractivity contribution in [2.75, 3.05) is 7.11 Å². The van der Waals surface area contributed by atoms with Crippen LogP contribution < -0.4 is 14.8 Å². The van der Waals surface area contributed by atoms with Crippen LogP contribution in [0, 0.1) is 11.6 Å². The average molecular weight is 357 g/mol. The molecule has 2 aromatic rings. The maximum Gasteiger partial charge on any atom is 0.387 e. The minimum absolute atomic E-state index is 0.0552. The van der Waals surface area contributed by atoms with E-state index in [4.69, 9.17) is 4.74 Å². The molecule has 0 fully saturated rings. The Morgan fingerprint density at radius 3 is 2.44 bits per heavy atom. The number of methoxy groups -OCH3 is 1. The normalized spacial score (nSPS) is 12.0. The Bertz CT molecular complexity index is 768. The molecule has 0 saturated carbocycles. The smallest absolute Gasteiger partial charge is 0.387 e. The van der Waals surface area contributed by atoms with Gasteiger partial charge >= 0.3 is 6.61 Å². The van der Waals surface area contributed by atoms with E-state index in [0.29, 0.717) is 6.07 Å². The van der Waals surface area contributed by atoms with Crippen LogP contribution in [0.1, 0.15) is 28.9 Å². The predicted molar refractivity (Wildman–Crippen MR) is 81.9 cm³/mol. The lowest BCUT2D eigenvalue weighted by molar-refractivity contribution is -0.0502. The summed E-state index contributed by atoms with van der Waals surface area (Å²) in [4.78, 5) is 12.3. The maximum absolute atomic E-state index is 13.8. The molecule has 0 heterocycles. The molecule has 0 aromatic heterocycles. The van der Waals surface area contributed by atoms with Crippen LogP contribution in [-0.2, 0) is 0 Å². The van der Waals surface area contributed by atoms with Crippen LogP contribution in [0.3, 0.4) is 0 Å². The Morgan fingerprint density at radius 1 is 1.12 bits per heavy atom. The zero-order valence-corrected chi connectivity index (χ0v) is 13.4. The molecule has 0 radical (unpaired) electrons. The topological polar surface area (TPSA) is 47.6 Å². The summed E-state index contributed by atoms with van der Waals surface area (Å²) in [6.07, 6.45) is 0. The fourth-order valence-electron chi connectivity index (χ4n) is 2.22. The number of halogens is 4. The van der Waals surface area contributed by atoms with Crippen LogP contribution in [0.2, 0.25) is 0 Å². The summed E-state index contributed by atoms with van der Waals surface area (Å²) in [5.41, 5.74) is -0.116. The molecule has 0 bridgehead atoms. The van der Waals surface area contributed by atoms with Gasteiger partial charge in [-0.1, -0.05) is 6.07 Å². The van der Waals surface area contributed by atoms with Crippen molar-refractivity contribution in [2.45, 2.75) is 19.6 Å². The number of hydrogen-bond donors (Lipinski definition) is 1. The molecule has 25 heavy (non-hydrogen) atoms. The number of amides is 1. The zero-order valence-electron chi connectivity index (χ0n) is 13.4. The van der Waals surface area contributed by atoms with Crippen molar-refractivity contribution in [3.8, 4) is 11.5 Å². The van der Waals surface area contributed by atoms with Crippen molar-refractivity contribution in [1.82, 2.24) is 5.32 Å². The molecule has 0 aliphatic heterocycles. The summed E-state index contributed by atoms with van der Waals surface area (Å²) in [5, 5.41) is 2.46. The number of hydrogen-bond acceptors (Lipinski definition) is 3. The SMILES string of the molecule is COc1ccc(C(=O)N[C@@H](C)c2ccc(F)cc2F)c(OC(F)F)c1. The van der Waals surface area contributed by atoms with E-state index in [1.807, 2.05) is 0 Å². The van der Waals surface area contributed by atoms with Gasteiger partial charge in [-0.3, -0.25) is 4.79 Å². The minimum atomic E-state index is -3.13. The second-order valence-electron chi connectivity index (χ2n) is 5.10. The van der Waals surface area contributed by atoms with Gasteiger partial charge in [-0.05, 0) is 25.1 Å². The van der Waals surface area contributed by atoms with Gasteiger partial charge in [0.05, 0.1) is 18.7 Å². The molecule has 0 saturated heterocycles. The third-order valence-electron chi connectivity index (χ3n) is 3.43. The molecule has 0 aliphatic rings. The van der Waals surface area contributed by atoms with E-state index in [-0.39, 0.29) is 22.6 Å². The molecular formula is C17H15F4NO3. The molecule has 1 atom stereocenters. The minimum Gasteiger partial charge on any atom is -0.497 e. The number of carbonyl (C=O) groups is 1. The van der Waals surface area contributed by atoms with Crippen LogP contribution in [0.4, 0.5) is 17.6 Å². The molecule has 4 nitrogen and oxygen atoms in total. The Morgan fingerprint density at radius 2 is 1.84 bits per heavy atom. The Kier molecular flexibility index (Phi) is 5.84. The van der Waals surface area contributed by atoms with E-state index >= 15 is 0 Å². The molecule has 0 aliphatic carbocycles. The van der Waals surface area contributed by atoms with Crippen LogP contribution in [-0.4, -0.2) is 19.6 Å². The standard InChI is InChI=1S/C17H15F4NO3/c1-9(12-5-3-10(18)7-14(12)19)22-16(23)13-6-4-11(24-2)8-15(13)25-17(20)21/h3-9,17H,1-2H3,(H,22,23)/t9-/m0/s1. The number of rotatable bonds is 6. The molecule has 134 valence electrons. The van der Waals surface area contributed by atoms with E-state index in [1.54, 1.807) is 0 Å². The van der Waals surface area contributed by atoms with Gasteiger partial charge in [0.25, 0.3) is 5.91 Å². The van der Waals surface area contributed by atoms with Crippen molar-refractivity contribution in [1.29, 1.82) is 0 Å². The lowest BCUT2D eigenvalue weighted by Gasteiger charge is -2.17. The van der Waals surface area contributed by atoms with E-state index in [1.165, 1.54) is 32.2 Å². The van der Waals surface area contributed by atoms with Gasteiger partial charge in [0.1, 0.15) is 23.1 Å². The van der Waals surface area contributed by atoms with Gasteiger partial charge in [0.2, 0.25) is 0 Å². The highest BCUT2D eigenvalue weighted by Gasteiger charge is 2.20. The van der Waals surface area contributed by atoms with Gasteiger partial charge in [0.15, 0.2) is 0 Å². The molecule has 2 rings (SSSR count). The third-order valence-corrected chi connectivity index (χ3v) is 3.43. The van der Waals surface area contributed by atoms with Crippen LogP contribution in [0.25, 0.3) is 0 Å². The molecule has 2 aromatic carbocycles. The highest BCUT2D eigenvalue weighted by atomic mass is 19.3. The second kappa shape index (κ2) is 7.87. The van der Waals surface area contributed by atoms with Crippen LogP contribution in [0.15, 0.2) is 36.4 Å². The Hall–Kier alpha value is -2.77. The van der Waals surface area contributed by atoms with Crippen molar-refractivity contribution >= 4 is 5.91 Å². The zero-order chi connectivity index (χ0) is 18.6. The highest BCUT2D eigenvalue weighted by Crippen LogP contribution is 2.27. The van der Waals surface area contributed by atoms with Crippen molar-refractivity contribution < 1.29 is 31.8 Å². The number of carbonyl (C=O) groups excluding carboxylic acids is 1. The molecule has 1 N–H and O–H groups in total. The summed E-state index contributed by atoms with van der Waals surface area (Å²) in [5.74, 6) is -2.48. The van der Waals surface area contributed by atoms with E-state index in [0.717, 1.165) is 12.1 Å². The number of nitrogens with one attached hydrogen (secondary N) is 1. The first kappa shape index (κ1) is 18.6. The van der Waals surface area contributed by atoms with Gasteiger partial charge < -0.3 is 14.8 Å². The van der Waals surface area contributed by atoms with Crippen LogP contribution >= 0.6 is 0 Å². The number of benzene rings is 2. The maximum atomic E-state index is 13.8. The number of ether oxygens (including phenoxy) is 2. The van der Waals surface area contributed by atoms with E-state index in [9.17, 15) is 22.4 Å². The first-order valence-corrected chi connectivity index (χ1v) is 7.20. The van der Waals surface area contributed by atoms with Gasteiger partial charge in [-0.25, -0.2) is 8.78 Å². The molecular weight excluding hydrogens is 342 g/mol. The summed E-state index contributed by atoms with van der Waals surface area (Å²) < 4.78 is 61.1. The van der Waals surface area contributed by atoms with Crippen molar-refractivity contribution in [3.05, 3.63) is 59.2 Å². The summed E-state index contributed by atoms with van der Waals surface area (Å²) in [7, 11) is 1.33. The quantitative estimate of drug-likeness (QED) is 0.793. The fourth-order valence-corrected chi connectivity index (χ4v) is 2.22. The average Bonchev–Trinajstić information content (AvgIpc) is 2.53. The highest BCUT2D eigenvalue weighted by molar-refractivity contribution is 5.97. The monoisotopic (exact) mass is 357 g/mol. The third kappa shape index (κ3) is 4.62. The molecule has 0 spiro atoms. The summed E-state index contributed by atoms with van der Waals surface area (Å²) >= 11 is 0. The largest absolute Gasteiger partial charge is 0.497 e.